The average Bonchev–Trinajstić information content (AvgIpc) is 2.92. The number of carbonyl (C=O) groups excluding carboxylic acids is 1. The summed E-state index contributed by atoms with van der Waals surface area (Å²) in [5.74, 6) is 0.636. The Morgan fingerprint density at radius 2 is 1.86 bits per heavy atom. The fraction of sp³-hybridized carbons (Fsp3) is 0.118. The van der Waals surface area contributed by atoms with Gasteiger partial charge in [-0.05, 0) is 43.3 Å². The average molecular weight is 344 g/mol. The van der Waals surface area contributed by atoms with Crippen molar-refractivity contribution in [1.82, 2.24) is 5.32 Å². The highest BCUT2D eigenvalue weighted by Crippen LogP contribution is 2.23. The molecule has 1 atom stereocenters. The summed E-state index contributed by atoms with van der Waals surface area (Å²) < 4.78 is 6.71. The van der Waals surface area contributed by atoms with E-state index in [4.69, 9.17) is 4.42 Å². The van der Waals surface area contributed by atoms with Crippen LogP contribution in [0.25, 0.3) is 11.0 Å². The molecule has 0 fully saturated rings. The van der Waals surface area contributed by atoms with Gasteiger partial charge in [0.15, 0.2) is 0 Å². The number of carbonyl (C=O) groups is 1. The number of benzene rings is 2. The molecule has 0 spiro atoms. The number of amides is 1. The molecule has 1 amide bonds. The maximum Gasteiger partial charge on any atom is 0.251 e. The summed E-state index contributed by atoms with van der Waals surface area (Å²) >= 11 is 3.36. The minimum atomic E-state index is -0.187. The molecule has 2 aromatic carbocycles. The van der Waals surface area contributed by atoms with Crippen LogP contribution in [0.3, 0.4) is 0 Å². The molecule has 1 aromatic heterocycles. The summed E-state index contributed by atoms with van der Waals surface area (Å²) in [6.07, 6.45) is 0. The Morgan fingerprint density at radius 1 is 1.14 bits per heavy atom. The molecule has 0 unspecified atom stereocenters. The van der Waals surface area contributed by atoms with Gasteiger partial charge < -0.3 is 9.73 Å². The van der Waals surface area contributed by atoms with E-state index in [1.165, 1.54) is 0 Å². The first-order valence-electron chi connectivity index (χ1n) is 6.68. The minimum absolute atomic E-state index is 0.115. The van der Waals surface area contributed by atoms with E-state index in [2.05, 4.69) is 21.2 Å². The topological polar surface area (TPSA) is 42.2 Å². The van der Waals surface area contributed by atoms with E-state index in [-0.39, 0.29) is 11.9 Å². The monoisotopic (exact) mass is 343 g/mol. The molecule has 4 heteroatoms. The lowest BCUT2D eigenvalue weighted by Gasteiger charge is -2.11. The zero-order chi connectivity index (χ0) is 14.8. The van der Waals surface area contributed by atoms with Gasteiger partial charge in [0.2, 0.25) is 0 Å². The van der Waals surface area contributed by atoms with Crippen LogP contribution in [0.5, 0.6) is 0 Å². The molecule has 1 heterocycles. The van der Waals surface area contributed by atoms with Crippen molar-refractivity contribution >= 4 is 32.8 Å². The standard InChI is InChI=1S/C17H14BrNO2/c1-11(16-10-13-4-2-3-5-15(13)21-16)19-17(20)12-6-8-14(18)9-7-12/h2-11H,1H3,(H,19,20)/t11-/m0/s1. The van der Waals surface area contributed by atoms with Crippen molar-refractivity contribution in [3.05, 3.63) is 70.4 Å². The van der Waals surface area contributed by atoms with Crippen LogP contribution in [0, 0.1) is 0 Å². The third kappa shape index (κ3) is 3.00. The number of furan rings is 1. The molecule has 0 saturated carbocycles. The lowest BCUT2D eigenvalue weighted by Crippen LogP contribution is -2.26. The van der Waals surface area contributed by atoms with E-state index < -0.39 is 0 Å². The normalized spacial score (nSPS) is 12.3. The van der Waals surface area contributed by atoms with E-state index in [1.807, 2.05) is 49.4 Å². The fourth-order valence-electron chi connectivity index (χ4n) is 2.17. The molecule has 0 aliphatic carbocycles. The number of hydrogen-bond acceptors (Lipinski definition) is 2. The summed E-state index contributed by atoms with van der Waals surface area (Å²) in [6, 6.07) is 16.8. The molecule has 106 valence electrons. The highest BCUT2D eigenvalue weighted by Gasteiger charge is 2.15. The largest absolute Gasteiger partial charge is 0.459 e. The molecule has 0 aliphatic rings. The first-order valence-corrected chi connectivity index (χ1v) is 7.48. The summed E-state index contributed by atoms with van der Waals surface area (Å²) in [7, 11) is 0. The van der Waals surface area contributed by atoms with E-state index in [0.29, 0.717) is 5.56 Å². The predicted octanol–water partition coefficient (Wildman–Crippen LogP) is 4.69. The smallest absolute Gasteiger partial charge is 0.251 e. The summed E-state index contributed by atoms with van der Waals surface area (Å²) in [6.45, 7) is 1.91. The lowest BCUT2D eigenvalue weighted by atomic mass is 10.1. The minimum Gasteiger partial charge on any atom is -0.459 e. The molecule has 0 aliphatic heterocycles. The van der Waals surface area contributed by atoms with Crippen molar-refractivity contribution in [1.29, 1.82) is 0 Å². The third-order valence-electron chi connectivity index (χ3n) is 3.33. The Hall–Kier alpha value is -2.07. The van der Waals surface area contributed by atoms with Gasteiger partial charge in [-0.2, -0.15) is 0 Å². The number of para-hydroxylation sites is 1. The molecule has 1 N–H and O–H groups in total. The quantitative estimate of drug-likeness (QED) is 0.749. The number of rotatable bonds is 3. The zero-order valence-electron chi connectivity index (χ0n) is 11.5. The van der Waals surface area contributed by atoms with Crippen LogP contribution in [-0.4, -0.2) is 5.91 Å². The Kier molecular flexibility index (Phi) is 3.80. The first kappa shape index (κ1) is 13.9. The second-order valence-corrected chi connectivity index (χ2v) is 5.80. The summed E-state index contributed by atoms with van der Waals surface area (Å²) in [5, 5.41) is 3.98. The predicted molar refractivity (Wildman–Crippen MR) is 86.2 cm³/mol. The molecular formula is C17H14BrNO2. The van der Waals surface area contributed by atoms with Crippen molar-refractivity contribution in [2.45, 2.75) is 13.0 Å². The molecule has 3 rings (SSSR count). The number of halogens is 1. The van der Waals surface area contributed by atoms with Crippen molar-refractivity contribution in [2.24, 2.45) is 0 Å². The Bertz CT molecular complexity index is 744. The maximum atomic E-state index is 12.2. The van der Waals surface area contributed by atoms with Crippen molar-refractivity contribution < 1.29 is 9.21 Å². The van der Waals surface area contributed by atoms with Crippen molar-refractivity contribution in [3.8, 4) is 0 Å². The molecule has 0 saturated heterocycles. The van der Waals surface area contributed by atoms with E-state index in [1.54, 1.807) is 12.1 Å². The molecular weight excluding hydrogens is 330 g/mol. The van der Waals surface area contributed by atoms with Crippen LogP contribution >= 0.6 is 15.9 Å². The Morgan fingerprint density at radius 3 is 2.57 bits per heavy atom. The lowest BCUT2D eigenvalue weighted by molar-refractivity contribution is 0.0935. The number of hydrogen-bond donors (Lipinski definition) is 1. The second-order valence-electron chi connectivity index (χ2n) is 4.89. The van der Waals surface area contributed by atoms with Crippen LogP contribution in [-0.2, 0) is 0 Å². The van der Waals surface area contributed by atoms with E-state index in [9.17, 15) is 4.79 Å². The van der Waals surface area contributed by atoms with Gasteiger partial charge in [-0.3, -0.25) is 4.79 Å². The molecule has 3 aromatic rings. The third-order valence-corrected chi connectivity index (χ3v) is 3.85. The highest BCUT2D eigenvalue weighted by atomic mass is 79.9. The molecule has 3 nitrogen and oxygen atoms in total. The summed E-state index contributed by atoms with van der Waals surface area (Å²) in [5.41, 5.74) is 1.46. The second kappa shape index (κ2) is 5.74. The van der Waals surface area contributed by atoms with Gasteiger partial charge in [-0.25, -0.2) is 0 Å². The van der Waals surface area contributed by atoms with Crippen LogP contribution < -0.4 is 5.32 Å². The fourth-order valence-corrected chi connectivity index (χ4v) is 2.43. The van der Waals surface area contributed by atoms with Crippen molar-refractivity contribution in [2.75, 3.05) is 0 Å². The van der Waals surface area contributed by atoms with Crippen LogP contribution in [0.2, 0.25) is 0 Å². The SMILES string of the molecule is C[C@H](NC(=O)c1ccc(Br)cc1)c1cc2ccccc2o1. The van der Waals surface area contributed by atoms with Crippen LogP contribution in [0.1, 0.15) is 29.1 Å². The van der Waals surface area contributed by atoms with Gasteiger partial charge in [0, 0.05) is 15.4 Å². The molecule has 21 heavy (non-hydrogen) atoms. The maximum absolute atomic E-state index is 12.2. The van der Waals surface area contributed by atoms with E-state index >= 15 is 0 Å². The first-order chi connectivity index (χ1) is 10.1. The zero-order valence-corrected chi connectivity index (χ0v) is 13.1. The van der Waals surface area contributed by atoms with Gasteiger partial charge in [0.1, 0.15) is 11.3 Å². The Labute approximate surface area is 131 Å². The van der Waals surface area contributed by atoms with Gasteiger partial charge in [0.25, 0.3) is 5.91 Å². The van der Waals surface area contributed by atoms with Gasteiger partial charge in [-0.15, -0.1) is 0 Å². The Balaban J connectivity index is 1.77. The van der Waals surface area contributed by atoms with Crippen LogP contribution in [0.4, 0.5) is 0 Å². The number of fused-ring (bicyclic) bond motifs is 1. The van der Waals surface area contributed by atoms with E-state index in [0.717, 1.165) is 21.2 Å². The van der Waals surface area contributed by atoms with Gasteiger partial charge in [0.05, 0.1) is 6.04 Å². The molecule has 0 bridgehead atoms. The number of nitrogens with one attached hydrogen (secondary N) is 1. The van der Waals surface area contributed by atoms with Crippen LogP contribution in [0.15, 0.2) is 63.5 Å². The summed E-state index contributed by atoms with van der Waals surface area (Å²) in [4.78, 5) is 12.2. The van der Waals surface area contributed by atoms with Crippen molar-refractivity contribution in [3.63, 3.8) is 0 Å². The van der Waals surface area contributed by atoms with Gasteiger partial charge >= 0.3 is 0 Å². The van der Waals surface area contributed by atoms with Gasteiger partial charge in [-0.1, -0.05) is 34.1 Å². The highest BCUT2D eigenvalue weighted by molar-refractivity contribution is 9.10. The molecule has 0 radical (unpaired) electrons.